The van der Waals surface area contributed by atoms with Crippen LogP contribution in [0.25, 0.3) is 0 Å². The van der Waals surface area contributed by atoms with Crippen molar-refractivity contribution in [3.05, 3.63) is 65.7 Å². The molecule has 8 heteroatoms. The Balaban J connectivity index is 2.15. The summed E-state index contributed by atoms with van der Waals surface area (Å²) in [5.41, 5.74) is 0.486. The summed E-state index contributed by atoms with van der Waals surface area (Å²) in [4.78, 5) is 24.7. The highest BCUT2D eigenvalue weighted by Crippen LogP contribution is 2.14. The van der Waals surface area contributed by atoms with Gasteiger partial charge in [-0.2, -0.15) is 0 Å². The van der Waals surface area contributed by atoms with E-state index < -0.39 is 33.5 Å². The Morgan fingerprint density at radius 2 is 1.59 bits per heavy atom. The van der Waals surface area contributed by atoms with Gasteiger partial charge in [-0.25, -0.2) is 17.9 Å². The summed E-state index contributed by atoms with van der Waals surface area (Å²) < 4.78 is 32.1. The molecule has 1 amide bonds. The number of rotatable bonds is 7. The maximum absolute atomic E-state index is 12.6. The molecule has 29 heavy (non-hydrogen) atoms. The average molecular weight is 419 g/mol. The molecular weight excluding hydrogens is 392 g/mol. The van der Waals surface area contributed by atoms with Gasteiger partial charge in [0.15, 0.2) is 0 Å². The predicted octanol–water partition coefficient (Wildman–Crippen LogP) is 2.28. The van der Waals surface area contributed by atoms with Gasteiger partial charge in [-0.15, -0.1) is 0 Å². The number of benzene rings is 2. The Labute approximate surface area is 171 Å². The van der Waals surface area contributed by atoms with Crippen molar-refractivity contribution in [2.45, 2.75) is 43.7 Å². The lowest BCUT2D eigenvalue weighted by molar-refractivity contribution is -0.142. The molecule has 0 spiro atoms. The first kappa shape index (κ1) is 22.6. The number of esters is 1. The third-order valence-corrected chi connectivity index (χ3v) is 5.71. The van der Waals surface area contributed by atoms with Crippen molar-refractivity contribution in [2.24, 2.45) is 0 Å². The smallest absolute Gasteiger partial charge is 0.328 e. The van der Waals surface area contributed by atoms with E-state index in [1.807, 2.05) is 30.3 Å². The molecule has 156 valence electrons. The molecule has 2 N–H and O–H groups in total. The number of nitrogens with one attached hydrogen (secondary N) is 2. The van der Waals surface area contributed by atoms with Gasteiger partial charge in [0.1, 0.15) is 6.04 Å². The minimum absolute atomic E-state index is 0.0535. The largest absolute Gasteiger partial charge is 0.467 e. The van der Waals surface area contributed by atoms with E-state index in [0.717, 1.165) is 5.56 Å². The van der Waals surface area contributed by atoms with Gasteiger partial charge in [0.25, 0.3) is 5.91 Å². The maximum Gasteiger partial charge on any atom is 0.328 e. The number of carbonyl (C=O) groups is 2. The molecule has 0 saturated carbocycles. The zero-order valence-electron chi connectivity index (χ0n) is 16.9. The standard InChI is InChI=1S/C21H26N2O5S/c1-21(2,3)23-29(26,27)17-12-10-16(11-13-17)19(24)22-18(20(25)28-4)14-15-8-6-5-7-9-15/h5-13,18,23H,14H2,1-4H3,(H,22,24). The molecule has 2 rings (SSSR count). The van der Waals surface area contributed by atoms with Crippen molar-refractivity contribution < 1.29 is 22.7 Å². The fourth-order valence-electron chi connectivity index (χ4n) is 2.67. The van der Waals surface area contributed by atoms with Crippen molar-refractivity contribution in [1.29, 1.82) is 0 Å². The molecule has 0 heterocycles. The van der Waals surface area contributed by atoms with E-state index >= 15 is 0 Å². The van der Waals surface area contributed by atoms with Crippen LogP contribution in [0.4, 0.5) is 0 Å². The topological polar surface area (TPSA) is 102 Å². The minimum Gasteiger partial charge on any atom is -0.467 e. The van der Waals surface area contributed by atoms with Crippen LogP contribution in [-0.4, -0.2) is 39.0 Å². The zero-order valence-corrected chi connectivity index (χ0v) is 17.7. The molecule has 2 aromatic carbocycles. The molecule has 1 unspecified atom stereocenters. The third kappa shape index (κ3) is 6.69. The minimum atomic E-state index is -3.70. The molecule has 0 aliphatic rings. The Kier molecular flexibility index (Phi) is 7.16. The number of sulfonamides is 1. The number of hydrogen-bond acceptors (Lipinski definition) is 5. The summed E-state index contributed by atoms with van der Waals surface area (Å²) in [6, 6.07) is 13.9. The molecule has 1 atom stereocenters. The first-order chi connectivity index (χ1) is 13.5. The molecular formula is C21H26N2O5S. The normalized spacial score (nSPS) is 12.8. The maximum atomic E-state index is 12.6. The van der Waals surface area contributed by atoms with Gasteiger partial charge in [0.05, 0.1) is 12.0 Å². The van der Waals surface area contributed by atoms with Crippen molar-refractivity contribution in [3.63, 3.8) is 0 Å². The van der Waals surface area contributed by atoms with Gasteiger partial charge in [0, 0.05) is 17.5 Å². The van der Waals surface area contributed by atoms with Crippen LogP contribution in [0.1, 0.15) is 36.7 Å². The Morgan fingerprint density at radius 3 is 2.10 bits per heavy atom. The molecule has 0 aliphatic carbocycles. The van der Waals surface area contributed by atoms with E-state index in [2.05, 4.69) is 10.0 Å². The van der Waals surface area contributed by atoms with Gasteiger partial charge < -0.3 is 10.1 Å². The third-order valence-electron chi connectivity index (χ3n) is 3.94. The highest BCUT2D eigenvalue weighted by Gasteiger charge is 2.24. The van der Waals surface area contributed by atoms with E-state index in [-0.39, 0.29) is 16.9 Å². The monoisotopic (exact) mass is 418 g/mol. The fourth-order valence-corrected chi connectivity index (χ4v) is 4.09. The molecule has 0 aliphatic heterocycles. The van der Waals surface area contributed by atoms with E-state index in [4.69, 9.17) is 4.74 Å². The molecule has 0 aromatic heterocycles. The first-order valence-electron chi connectivity index (χ1n) is 9.08. The van der Waals surface area contributed by atoms with E-state index in [0.29, 0.717) is 0 Å². The number of methoxy groups -OCH3 is 1. The van der Waals surface area contributed by atoms with Crippen molar-refractivity contribution in [2.75, 3.05) is 7.11 Å². The molecule has 7 nitrogen and oxygen atoms in total. The lowest BCUT2D eigenvalue weighted by Crippen LogP contribution is -2.43. The van der Waals surface area contributed by atoms with Crippen molar-refractivity contribution in [1.82, 2.24) is 10.0 Å². The predicted molar refractivity (Wildman–Crippen MR) is 110 cm³/mol. The second kappa shape index (κ2) is 9.19. The van der Waals surface area contributed by atoms with Gasteiger partial charge in [0.2, 0.25) is 10.0 Å². The summed E-state index contributed by atoms with van der Waals surface area (Å²) in [6.07, 6.45) is 0.279. The fraction of sp³-hybridized carbons (Fsp3) is 0.333. The molecule has 0 bridgehead atoms. The average Bonchev–Trinajstić information content (AvgIpc) is 2.66. The number of hydrogen-bond donors (Lipinski definition) is 2. The van der Waals surface area contributed by atoms with Crippen molar-refractivity contribution in [3.8, 4) is 0 Å². The molecule has 2 aromatic rings. The second-order valence-corrected chi connectivity index (χ2v) is 9.30. The summed E-state index contributed by atoms with van der Waals surface area (Å²) in [5, 5.41) is 2.65. The Morgan fingerprint density at radius 1 is 1.00 bits per heavy atom. The molecule has 0 fully saturated rings. The Hall–Kier alpha value is -2.71. The van der Waals surface area contributed by atoms with Crippen LogP contribution >= 0.6 is 0 Å². The molecule has 0 saturated heterocycles. The van der Waals surface area contributed by atoms with Gasteiger partial charge in [-0.1, -0.05) is 30.3 Å². The highest BCUT2D eigenvalue weighted by atomic mass is 32.2. The molecule has 0 radical (unpaired) electrons. The van der Waals surface area contributed by atoms with E-state index in [1.54, 1.807) is 20.8 Å². The van der Waals surface area contributed by atoms with Crippen molar-refractivity contribution >= 4 is 21.9 Å². The van der Waals surface area contributed by atoms with Crippen LogP contribution in [0.15, 0.2) is 59.5 Å². The van der Waals surface area contributed by atoms with E-state index in [1.165, 1.54) is 31.4 Å². The van der Waals surface area contributed by atoms with Crippen LogP contribution in [0.5, 0.6) is 0 Å². The quantitative estimate of drug-likeness (QED) is 0.672. The van der Waals surface area contributed by atoms with Gasteiger partial charge in [-0.3, -0.25) is 4.79 Å². The Bertz CT molecular complexity index is 949. The lowest BCUT2D eigenvalue weighted by atomic mass is 10.1. The van der Waals surface area contributed by atoms with Crippen LogP contribution in [0.3, 0.4) is 0 Å². The zero-order chi connectivity index (χ0) is 21.7. The van der Waals surface area contributed by atoms with Gasteiger partial charge >= 0.3 is 5.97 Å². The summed E-state index contributed by atoms with van der Waals surface area (Å²) >= 11 is 0. The summed E-state index contributed by atoms with van der Waals surface area (Å²) in [6.45, 7) is 5.23. The summed E-state index contributed by atoms with van der Waals surface area (Å²) in [5.74, 6) is -1.06. The van der Waals surface area contributed by atoms with Crippen LogP contribution in [0.2, 0.25) is 0 Å². The van der Waals surface area contributed by atoms with Crippen LogP contribution in [-0.2, 0) is 26.0 Å². The van der Waals surface area contributed by atoms with Gasteiger partial charge in [-0.05, 0) is 50.6 Å². The van der Waals surface area contributed by atoms with Crippen LogP contribution < -0.4 is 10.0 Å². The number of ether oxygens (including phenoxy) is 1. The number of amides is 1. The second-order valence-electron chi connectivity index (χ2n) is 7.62. The first-order valence-corrected chi connectivity index (χ1v) is 10.6. The highest BCUT2D eigenvalue weighted by molar-refractivity contribution is 7.89. The summed E-state index contributed by atoms with van der Waals surface area (Å²) in [7, 11) is -2.44. The number of carbonyl (C=O) groups excluding carboxylic acids is 2. The SMILES string of the molecule is COC(=O)C(Cc1ccccc1)NC(=O)c1ccc(S(=O)(=O)NC(C)(C)C)cc1. The van der Waals surface area contributed by atoms with E-state index in [9.17, 15) is 18.0 Å². The lowest BCUT2D eigenvalue weighted by Gasteiger charge is -2.20. The van der Waals surface area contributed by atoms with Crippen LogP contribution in [0, 0.1) is 0 Å².